The largest absolute Gasteiger partial charge is 0.494 e. The van der Waals surface area contributed by atoms with Crippen molar-refractivity contribution in [1.82, 2.24) is 24.6 Å². The SMILES string of the molecule is C=CC(=O)Nc1cc(Nc2nccc(-n3nc(N(C)CC)c4cc(Cl)sc43)n2)c(OC)cc1N(C)CCN(C)C. The molecule has 0 bridgehead atoms. The number of aromatic nitrogens is 4. The summed E-state index contributed by atoms with van der Waals surface area (Å²) >= 11 is 7.81. The quantitative estimate of drug-likeness (QED) is 0.226. The van der Waals surface area contributed by atoms with Crippen molar-refractivity contribution >= 4 is 67.9 Å². The topological polar surface area (TPSA) is 104 Å². The Morgan fingerprint density at radius 3 is 2.62 bits per heavy atom. The van der Waals surface area contributed by atoms with E-state index in [0.29, 0.717) is 33.2 Å². The number of halogens is 1. The van der Waals surface area contributed by atoms with E-state index in [0.717, 1.165) is 41.4 Å². The number of carbonyl (C=O) groups is 1. The molecule has 0 saturated heterocycles. The number of hydrogen-bond donors (Lipinski definition) is 2. The molecule has 3 heterocycles. The van der Waals surface area contributed by atoms with Crippen molar-refractivity contribution < 1.29 is 9.53 Å². The number of carbonyl (C=O) groups excluding carboxylic acids is 1. The minimum atomic E-state index is -0.318. The van der Waals surface area contributed by atoms with Gasteiger partial charge in [-0.3, -0.25) is 4.79 Å². The first kappa shape index (κ1) is 29.1. The van der Waals surface area contributed by atoms with Crippen LogP contribution in [-0.2, 0) is 4.79 Å². The van der Waals surface area contributed by atoms with Crippen LogP contribution in [-0.4, -0.2) is 85.5 Å². The van der Waals surface area contributed by atoms with Crippen LogP contribution >= 0.6 is 22.9 Å². The third-order valence-electron chi connectivity index (χ3n) is 6.31. The number of nitrogens with zero attached hydrogens (tertiary/aromatic N) is 7. The van der Waals surface area contributed by atoms with Crippen molar-refractivity contribution in [3.63, 3.8) is 0 Å². The average molecular weight is 584 g/mol. The Kier molecular flexibility index (Phi) is 9.13. The molecule has 4 rings (SSSR count). The molecule has 1 aromatic carbocycles. The Hall–Kier alpha value is -3.87. The zero-order valence-corrected chi connectivity index (χ0v) is 25.1. The lowest BCUT2D eigenvalue weighted by molar-refractivity contribution is -0.111. The summed E-state index contributed by atoms with van der Waals surface area (Å²) in [7, 11) is 9.57. The molecule has 212 valence electrons. The van der Waals surface area contributed by atoms with Gasteiger partial charge in [-0.25, -0.2) is 9.67 Å². The van der Waals surface area contributed by atoms with Gasteiger partial charge in [0, 0.05) is 52.1 Å². The summed E-state index contributed by atoms with van der Waals surface area (Å²) in [5, 5.41) is 11.9. The predicted molar refractivity (Wildman–Crippen MR) is 165 cm³/mol. The fraction of sp³-hybridized carbons (Fsp3) is 0.333. The van der Waals surface area contributed by atoms with Gasteiger partial charge < -0.3 is 30.1 Å². The number of ether oxygens (including phenoxy) is 1. The molecule has 0 fully saturated rings. The van der Waals surface area contributed by atoms with Gasteiger partial charge in [-0.1, -0.05) is 18.2 Å². The first-order chi connectivity index (χ1) is 19.1. The van der Waals surface area contributed by atoms with E-state index in [1.54, 1.807) is 30.1 Å². The molecule has 1 amide bonds. The molecule has 4 aromatic rings. The van der Waals surface area contributed by atoms with E-state index < -0.39 is 0 Å². The maximum atomic E-state index is 12.3. The number of methoxy groups -OCH3 is 1. The minimum absolute atomic E-state index is 0.318. The zero-order chi connectivity index (χ0) is 29.0. The van der Waals surface area contributed by atoms with Crippen LogP contribution in [0.2, 0.25) is 4.34 Å². The molecule has 0 aliphatic heterocycles. The van der Waals surface area contributed by atoms with Crippen LogP contribution in [0.1, 0.15) is 6.92 Å². The molecule has 0 aliphatic rings. The number of hydrogen-bond acceptors (Lipinski definition) is 10. The summed E-state index contributed by atoms with van der Waals surface area (Å²) in [5.74, 6) is 1.99. The average Bonchev–Trinajstić information content (AvgIpc) is 3.48. The summed E-state index contributed by atoms with van der Waals surface area (Å²) in [5.41, 5.74) is 1.98. The van der Waals surface area contributed by atoms with Crippen LogP contribution in [0.3, 0.4) is 0 Å². The normalized spacial score (nSPS) is 11.1. The van der Waals surface area contributed by atoms with Gasteiger partial charge in [0.25, 0.3) is 0 Å². The van der Waals surface area contributed by atoms with Gasteiger partial charge in [0.2, 0.25) is 11.9 Å². The number of amides is 1. The Morgan fingerprint density at radius 1 is 1.18 bits per heavy atom. The number of thiophene rings is 1. The van der Waals surface area contributed by atoms with Gasteiger partial charge in [0.05, 0.1) is 33.9 Å². The highest BCUT2D eigenvalue weighted by Gasteiger charge is 2.20. The van der Waals surface area contributed by atoms with Gasteiger partial charge in [0.15, 0.2) is 11.6 Å². The Balaban J connectivity index is 1.72. The molecule has 0 radical (unpaired) electrons. The van der Waals surface area contributed by atoms with Crippen molar-refractivity contribution in [3.05, 3.63) is 47.5 Å². The second kappa shape index (κ2) is 12.5. The van der Waals surface area contributed by atoms with Crippen LogP contribution in [0.15, 0.2) is 43.1 Å². The third kappa shape index (κ3) is 6.30. The highest BCUT2D eigenvalue weighted by molar-refractivity contribution is 7.22. The molecule has 11 nitrogen and oxygen atoms in total. The summed E-state index contributed by atoms with van der Waals surface area (Å²) in [6.07, 6.45) is 2.90. The van der Waals surface area contributed by atoms with Gasteiger partial charge >= 0.3 is 0 Å². The van der Waals surface area contributed by atoms with Crippen LogP contribution in [0, 0.1) is 0 Å². The molecule has 13 heteroatoms. The minimum Gasteiger partial charge on any atom is -0.494 e. The maximum absolute atomic E-state index is 12.3. The molecular formula is C27H34ClN9O2S. The fourth-order valence-electron chi connectivity index (χ4n) is 4.00. The summed E-state index contributed by atoms with van der Waals surface area (Å²) in [4.78, 5) is 28.5. The standard InChI is InChI=1S/C27H34ClN9O2S/c1-8-24(38)30-18-15-19(21(39-7)16-20(18)36(6)13-12-34(3)4)31-27-29-11-10-23(32-27)37-26-17(14-22(28)40-26)25(33-37)35(5)9-2/h8,10-11,14-16H,1,9,12-13H2,2-7H3,(H,30,38)(H,29,31,32). The Labute approximate surface area is 243 Å². The molecule has 2 N–H and O–H groups in total. The molecule has 3 aromatic heterocycles. The number of likely N-dealkylation sites (N-methyl/N-ethyl adjacent to an activating group) is 2. The van der Waals surface area contributed by atoms with Crippen molar-refractivity contribution in [2.75, 3.05) is 75.4 Å². The Morgan fingerprint density at radius 2 is 1.95 bits per heavy atom. The lowest BCUT2D eigenvalue weighted by Crippen LogP contribution is -2.29. The smallest absolute Gasteiger partial charge is 0.247 e. The van der Waals surface area contributed by atoms with Crippen LogP contribution < -0.4 is 25.2 Å². The fourth-order valence-corrected chi connectivity index (χ4v) is 5.17. The van der Waals surface area contributed by atoms with Crippen LogP contribution in [0.5, 0.6) is 5.75 Å². The molecule has 40 heavy (non-hydrogen) atoms. The van der Waals surface area contributed by atoms with Gasteiger partial charge in [-0.05, 0) is 39.2 Å². The monoisotopic (exact) mass is 583 g/mol. The number of benzene rings is 1. The second-order valence-electron chi connectivity index (χ2n) is 9.37. The van der Waals surface area contributed by atoms with E-state index in [9.17, 15) is 4.79 Å². The highest BCUT2D eigenvalue weighted by atomic mass is 35.5. The zero-order valence-electron chi connectivity index (χ0n) is 23.5. The first-order valence-corrected chi connectivity index (χ1v) is 13.9. The van der Waals surface area contributed by atoms with Gasteiger partial charge in [-0.2, -0.15) is 4.98 Å². The number of fused-ring (bicyclic) bond motifs is 1. The molecular weight excluding hydrogens is 550 g/mol. The Bertz CT molecular complexity index is 1520. The molecule has 0 atom stereocenters. The molecule has 0 spiro atoms. The maximum Gasteiger partial charge on any atom is 0.247 e. The van der Waals surface area contributed by atoms with E-state index in [-0.39, 0.29) is 5.91 Å². The van der Waals surface area contributed by atoms with E-state index >= 15 is 0 Å². The van der Waals surface area contributed by atoms with Gasteiger partial charge in [-0.15, -0.1) is 16.4 Å². The predicted octanol–water partition coefficient (Wildman–Crippen LogP) is 4.86. The number of rotatable bonds is 12. The van der Waals surface area contributed by atoms with E-state index in [1.807, 2.05) is 40.3 Å². The lowest BCUT2D eigenvalue weighted by Gasteiger charge is -2.26. The van der Waals surface area contributed by atoms with Crippen LogP contribution in [0.4, 0.5) is 28.8 Å². The summed E-state index contributed by atoms with van der Waals surface area (Å²) in [6, 6.07) is 7.39. The van der Waals surface area contributed by atoms with Crippen molar-refractivity contribution in [3.8, 4) is 11.6 Å². The first-order valence-electron chi connectivity index (χ1n) is 12.7. The third-order valence-corrected chi connectivity index (χ3v) is 7.55. The van der Waals surface area contributed by atoms with E-state index in [2.05, 4.69) is 43.8 Å². The second-order valence-corrected chi connectivity index (χ2v) is 11.0. The number of anilines is 5. The highest BCUT2D eigenvalue weighted by Crippen LogP contribution is 2.39. The summed E-state index contributed by atoms with van der Waals surface area (Å²) < 4.78 is 8.16. The molecule has 0 aliphatic carbocycles. The molecule has 0 saturated carbocycles. The van der Waals surface area contributed by atoms with Gasteiger partial charge in [0.1, 0.15) is 10.6 Å². The van der Waals surface area contributed by atoms with Crippen molar-refractivity contribution in [1.29, 1.82) is 0 Å². The lowest BCUT2D eigenvalue weighted by atomic mass is 10.2. The van der Waals surface area contributed by atoms with Crippen LogP contribution in [0.25, 0.3) is 16.0 Å². The van der Waals surface area contributed by atoms with E-state index in [1.165, 1.54) is 17.4 Å². The van der Waals surface area contributed by atoms with E-state index in [4.69, 9.17) is 26.4 Å². The number of nitrogens with one attached hydrogen (secondary N) is 2. The summed E-state index contributed by atoms with van der Waals surface area (Å²) in [6.45, 7) is 8.02. The van der Waals surface area contributed by atoms with Crippen molar-refractivity contribution in [2.24, 2.45) is 0 Å². The van der Waals surface area contributed by atoms with Crippen molar-refractivity contribution in [2.45, 2.75) is 6.92 Å². The molecule has 0 unspecified atom stereocenters.